The summed E-state index contributed by atoms with van der Waals surface area (Å²) >= 11 is 2.03. The van der Waals surface area contributed by atoms with Crippen molar-refractivity contribution in [3.05, 3.63) is 121 Å². The van der Waals surface area contributed by atoms with Crippen LogP contribution >= 0.6 is 24.8 Å². The third kappa shape index (κ3) is 12.3. The van der Waals surface area contributed by atoms with E-state index in [1.807, 2.05) is 26.8 Å². The van der Waals surface area contributed by atoms with Gasteiger partial charge in [-0.2, -0.15) is 35.5 Å². The van der Waals surface area contributed by atoms with Crippen molar-refractivity contribution in [2.45, 2.75) is 52.1 Å². The minimum atomic E-state index is -1.12. The molecular formula is C30H44Cl2Si3Ti-4. The standard InChI is InChI=1S/2C14H17Si.2CH3.2ClH.H2Si.Ti/c2*1-15(2,3)14-10-9-13(11-14)12-7-5-4-6-8-12;;;;;;/h2*4-8,11H,10H2,1-3H3;2*1H3;2*1H;1H2;/q4*-1;;;;. The molecule has 0 unspecified atom stereocenters. The van der Waals surface area contributed by atoms with E-state index < -0.39 is 16.1 Å². The predicted molar refractivity (Wildman–Crippen MR) is 174 cm³/mol. The Morgan fingerprint density at radius 2 is 0.861 bits per heavy atom. The van der Waals surface area contributed by atoms with E-state index >= 15 is 0 Å². The molecule has 0 nitrogen and oxygen atoms in total. The molecule has 2 aliphatic carbocycles. The van der Waals surface area contributed by atoms with E-state index in [0.29, 0.717) is 0 Å². The summed E-state index contributed by atoms with van der Waals surface area (Å²) in [6, 6.07) is 21.1. The fourth-order valence-electron chi connectivity index (χ4n) is 3.50. The summed E-state index contributed by atoms with van der Waals surface area (Å²) in [4.78, 5) is 0. The van der Waals surface area contributed by atoms with Crippen LogP contribution < -0.4 is 0 Å². The Hall–Kier alpha value is -0.655. The Morgan fingerprint density at radius 1 is 0.583 bits per heavy atom. The van der Waals surface area contributed by atoms with Gasteiger partial charge in [0.05, 0.1) is 16.1 Å². The molecule has 198 valence electrons. The number of hydrogen-bond donors (Lipinski definition) is 0. The molecule has 0 aromatic heterocycles. The van der Waals surface area contributed by atoms with Gasteiger partial charge in [-0.05, 0) is 0 Å². The monoisotopic (exact) mass is 606 g/mol. The molecule has 6 heteroatoms. The maximum atomic E-state index is 3.49. The Balaban J connectivity index is -0.000000513. The van der Waals surface area contributed by atoms with Crippen LogP contribution in [-0.2, 0) is 19.2 Å². The van der Waals surface area contributed by atoms with E-state index in [1.165, 1.54) is 22.3 Å². The second-order valence-electron chi connectivity index (χ2n) is 10.1. The Bertz CT molecular complexity index is 930. The van der Waals surface area contributed by atoms with Gasteiger partial charge in [-0.3, -0.25) is 0 Å². The van der Waals surface area contributed by atoms with Crippen molar-refractivity contribution in [1.82, 2.24) is 0 Å². The molecule has 0 N–H and O–H groups in total. The third-order valence-electron chi connectivity index (χ3n) is 5.67. The molecule has 4 rings (SSSR count). The molecule has 2 aromatic rings. The van der Waals surface area contributed by atoms with Crippen LogP contribution in [0.2, 0.25) is 39.3 Å². The summed E-state index contributed by atoms with van der Waals surface area (Å²) in [7, 11) is -0.381. The zero-order valence-corrected chi connectivity index (χ0v) is 30.0. The molecule has 0 radical (unpaired) electrons. The van der Waals surface area contributed by atoms with E-state index in [-0.39, 0.29) is 39.7 Å². The molecule has 0 spiro atoms. The topological polar surface area (TPSA) is 0 Å². The minimum absolute atomic E-state index is 0. The van der Waals surface area contributed by atoms with Gasteiger partial charge < -0.3 is 14.9 Å². The molecule has 2 aliphatic rings. The fourth-order valence-corrected chi connectivity index (χ4v) is 5.90. The summed E-state index contributed by atoms with van der Waals surface area (Å²) < 4.78 is 0. The summed E-state index contributed by atoms with van der Waals surface area (Å²) in [6.07, 6.45) is 13.8. The molecule has 0 heterocycles. The van der Waals surface area contributed by atoms with Crippen LogP contribution in [0.4, 0.5) is 0 Å². The average Bonchev–Trinajstić information content (AvgIpc) is 3.47. The Morgan fingerprint density at radius 3 is 1.08 bits per heavy atom. The van der Waals surface area contributed by atoms with Crippen molar-refractivity contribution in [3.63, 3.8) is 0 Å². The first-order chi connectivity index (χ1) is 15.1. The van der Waals surface area contributed by atoms with Crippen molar-refractivity contribution in [2.75, 3.05) is 0 Å². The van der Waals surface area contributed by atoms with Crippen molar-refractivity contribution in [1.29, 1.82) is 0 Å². The van der Waals surface area contributed by atoms with E-state index in [0.717, 1.165) is 12.8 Å². The normalized spacial score (nSPS) is 13.6. The zero-order chi connectivity index (χ0) is 23.8. The van der Waals surface area contributed by atoms with Gasteiger partial charge in [-0.15, -0.1) is 70.6 Å². The van der Waals surface area contributed by atoms with Gasteiger partial charge in [0.15, 0.2) is 0 Å². The van der Waals surface area contributed by atoms with Gasteiger partial charge in [0, 0.05) is 0 Å². The molecule has 0 fully saturated rings. The third-order valence-corrected chi connectivity index (χ3v) is 10.2. The number of hydrogen-bond acceptors (Lipinski definition) is 0. The fraction of sp³-hybridized carbons (Fsp3) is 0.267. The summed E-state index contributed by atoms with van der Waals surface area (Å²) in [6.45, 7) is 14.4. The van der Waals surface area contributed by atoms with Crippen LogP contribution in [0.25, 0.3) is 11.1 Å². The maximum absolute atomic E-state index is 3.49. The van der Waals surface area contributed by atoms with Crippen LogP contribution in [0.1, 0.15) is 24.0 Å². The van der Waals surface area contributed by atoms with Gasteiger partial charge in [-0.1, -0.05) is 88.5 Å². The van der Waals surface area contributed by atoms with Crippen molar-refractivity contribution in [3.8, 4) is 0 Å². The van der Waals surface area contributed by atoms with Crippen LogP contribution in [0.5, 0.6) is 0 Å². The zero-order valence-electron chi connectivity index (χ0n) is 23.4. The van der Waals surface area contributed by atoms with Crippen LogP contribution in [0, 0.1) is 27.0 Å². The number of rotatable bonds is 4. The number of halogens is 2. The first-order valence-corrected chi connectivity index (χ1v) is 22.3. The van der Waals surface area contributed by atoms with Gasteiger partial charge in [0.25, 0.3) is 0 Å². The average molecular weight is 608 g/mol. The van der Waals surface area contributed by atoms with E-state index in [1.54, 1.807) is 10.4 Å². The Kier molecular flexibility index (Phi) is 20.6. The quantitative estimate of drug-likeness (QED) is 0.240. The molecule has 0 aliphatic heterocycles. The summed E-state index contributed by atoms with van der Waals surface area (Å²) in [5.41, 5.74) is 5.16. The van der Waals surface area contributed by atoms with E-state index in [4.69, 9.17) is 0 Å². The van der Waals surface area contributed by atoms with Crippen LogP contribution in [-0.4, -0.2) is 23.8 Å². The molecule has 2 aromatic carbocycles. The molecular weight excluding hydrogens is 563 g/mol. The van der Waals surface area contributed by atoms with Gasteiger partial charge in [0.2, 0.25) is 0 Å². The first kappa shape index (κ1) is 39.9. The van der Waals surface area contributed by atoms with Crippen LogP contribution in [0.3, 0.4) is 0 Å². The molecule has 0 saturated heterocycles. The molecule has 0 amide bonds. The van der Waals surface area contributed by atoms with E-state index in [9.17, 15) is 0 Å². The van der Waals surface area contributed by atoms with Crippen molar-refractivity contribution >= 4 is 59.7 Å². The van der Waals surface area contributed by atoms with Gasteiger partial charge in [0.1, 0.15) is 0 Å². The SMILES string of the molecule is C[Si](C)(C)C1=CC(c2ccccc2)=[C-]C1.C[Si](C)(C)C1=CC(c2ccccc2)=[C-]C1.Cl.Cl.[CH3-].[CH3-].[SiH2]=[Ti]. The van der Waals surface area contributed by atoms with Crippen molar-refractivity contribution in [2.24, 2.45) is 0 Å². The first-order valence-electron chi connectivity index (χ1n) is 11.2. The Labute approximate surface area is 250 Å². The van der Waals surface area contributed by atoms with Gasteiger partial charge in [-0.25, -0.2) is 0 Å². The van der Waals surface area contributed by atoms with E-state index in [2.05, 4.69) is 124 Å². The number of allylic oxidation sites excluding steroid dienone is 8. The molecule has 0 atom stereocenters. The molecule has 0 saturated carbocycles. The van der Waals surface area contributed by atoms with Gasteiger partial charge >= 0.3 is 26.8 Å². The predicted octanol–water partition coefficient (Wildman–Crippen LogP) is 8.99. The second kappa shape index (κ2) is 18.6. The van der Waals surface area contributed by atoms with Crippen molar-refractivity contribution < 1.29 is 19.2 Å². The second-order valence-corrected chi connectivity index (χ2v) is 20.4. The molecule has 0 bridgehead atoms. The summed E-state index contributed by atoms with van der Waals surface area (Å²) in [5.74, 6) is 0. The summed E-state index contributed by atoms with van der Waals surface area (Å²) in [5, 5.41) is 3.22. The molecule has 36 heavy (non-hydrogen) atoms. The number of benzene rings is 2. The van der Waals surface area contributed by atoms with Crippen LogP contribution in [0.15, 0.2) is 83.2 Å².